The Kier molecular flexibility index (Phi) is 11.0. The van der Waals surface area contributed by atoms with E-state index in [1.807, 2.05) is 24.3 Å². The molecule has 0 saturated heterocycles. The molecule has 1 atom stereocenters. The quantitative estimate of drug-likeness (QED) is 0.126. The summed E-state index contributed by atoms with van der Waals surface area (Å²) in [5.74, 6) is 0.307. The van der Waals surface area contributed by atoms with Crippen molar-refractivity contribution in [2.75, 3.05) is 5.32 Å². The van der Waals surface area contributed by atoms with E-state index in [1.54, 1.807) is 6.08 Å². The Balaban J connectivity index is 1.03. The van der Waals surface area contributed by atoms with Crippen LogP contribution in [0.5, 0.6) is 0 Å². The highest BCUT2D eigenvalue weighted by Crippen LogP contribution is 2.38. The molecule has 1 aliphatic rings. The van der Waals surface area contributed by atoms with Crippen LogP contribution < -0.4 is 5.32 Å². The van der Waals surface area contributed by atoms with Crippen molar-refractivity contribution in [2.45, 2.75) is 18.8 Å². The average Bonchev–Trinajstić information content (AvgIpc) is 3.69. The molecule has 0 amide bonds. The maximum absolute atomic E-state index is 6.24. The van der Waals surface area contributed by atoms with Gasteiger partial charge in [0.1, 0.15) is 11.2 Å². The van der Waals surface area contributed by atoms with Crippen LogP contribution in [0.3, 0.4) is 0 Å². The molecule has 9 rings (SSSR count). The zero-order valence-corrected chi connectivity index (χ0v) is 33.0. The third-order valence-corrected chi connectivity index (χ3v) is 11.1. The Morgan fingerprint density at radius 1 is 0.610 bits per heavy atom. The van der Waals surface area contributed by atoms with Gasteiger partial charge in [0.25, 0.3) is 0 Å². The summed E-state index contributed by atoms with van der Waals surface area (Å²) in [5.41, 5.74) is 13.9. The highest BCUT2D eigenvalue weighted by molar-refractivity contribution is 6.19. The van der Waals surface area contributed by atoms with Crippen LogP contribution in [0.15, 0.2) is 241 Å². The lowest BCUT2D eigenvalue weighted by atomic mass is 9.85. The molecule has 59 heavy (non-hydrogen) atoms. The van der Waals surface area contributed by atoms with Crippen LogP contribution in [0.1, 0.15) is 29.0 Å². The predicted molar refractivity (Wildman–Crippen MR) is 252 cm³/mol. The number of anilines is 1. The van der Waals surface area contributed by atoms with Crippen molar-refractivity contribution in [1.29, 1.82) is 0 Å². The van der Waals surface area contributed by atoms with Crippen molar-refractivity contribution in [2.24, 2.45) is 0 Å². The highest BCUT2D eigenvalue weighted by atomic mass is 16.3. The van der Waals surface area contributed by atoms with Gasteiger partial charge in [-0.1, -0.05) is 183 Å². The largest absolute Gasteiger partial charge is 0.456 e. The molecule has 0 fully saturated rings. The average molecular weight is 760 g/mol. The minimum absolute atomic E-state index is 0.307. The van der Waals surface area contributed by atoms with E-state index in [0.717, 1.165) is 40.5 Å². The summed E-state index contributed by atoms with van der Waals surface area (Å²) in [5, 5.41) is 8.40. The summed E-state index contributed by atoms with van der Waals surface area (Å²) < 4.78 is 6.24. The van der Waals surface area contributed by atoms with Crippen LogP contribution in [0.4, 0.5) is 5.69 Å². The Labute approximate surface area is 346 Å². The van der Waals surface area contributed by atoms with E-state index >= 15 is 0 Å². The van der Waals surface area contributed by atoms with E-state index < -0.39 is 0 Å². The van der Waals surface area contributed by atoms with Crippen LogP contribution >= 0.6 is 0 Å². The fourth-order valence-corrected chi connectivity index (χ4v) is 8.10. The van der Waals surface area contributed by atoms with Gasteiger partial charge < -0.3 is 9.73 Å². The number of benzene rings is 7. The van der Waals surface area contributed by atoms with Gasteiger partial charge in [-0.2, -0.15) is 0 Å². The zero-order valence-electron chi connectivity index (χ0n) is 33.0. The van der Waals surface area contributed by atoms with Crippen LogP contribution in [-0.2, 0) is 6.42 Å². The second kappa shape index (κ2) is 17.4. The van der Waals surface area contributed by atoms with Crippen molar-refractivity contribution >= 4 is 44.5 Å². The van der Waals surface area contributed by atoms with Gasteiger partial charge >= 0.3 is 0 Å². The van der Waals surface area contributed by atoms with Gasteiger partial charge in [-0.15, -0.1) is 0 Å². The third-order valence-electron chi connectivity index (χ3n) is 11.1. The number of hydrogen-bond acceptors (Lipinski definition) is 2. The highest BCUT2D eigenvalue weighted by Gasteiger charge is 2.16. The van der Waals surface area contributed by atoms with Crippen molar-refractivity contribution in [1.82, 2.24) is 0 Å². The summed E-state index contributed by atoms with van der Waals surface area (Å²) in [6, 6.07) is 56.2. The van der Waals surface area contributed by atoms with E-state index in [2.05, 4.69) is 206 Å². The Morgan fingerprint density at radius 3 is 2.25 bits per heavy atom. The van der Waals surface area contributed by atoms with Gasteiger partial charge in [0.05, 0.1) is 0 Å². The topological polar surface area (TPSA) is 25.2 Å². The molecule has 8 aromatic rings. The number of allylic oxidation sites excluding steroid dienone is 11. The molecule has 0 radical (unpaired) electrons. The van der Waals surface area contributed by atoms with E-state index in [9.17, 15) is 0 Å². The molecule has 1 unspecified atom stereocenters. The molecule has 1 aliphatic carbocycles. The summed E-state index contributed by atoms with van der Waals surface area (Å²) in [4.78, 5) is 0. The molecule has 0 saturated carbocycles. The second-order valence-corrected chi connectivity index (χ2v) is 15.0. The number of nitrogens with one attached hydrogen (secondary N) is 1. The van der Waals surface area contributed by atoms with Crippen molar-refractivity contribution < 1.29 is 4.42 Å². The standard InChI is InChI=1S/C57H45NO/c1-2-3-4-5-8-21-51-39-48(49-30-28-45-32-34-56-57(53(45)40-49)52-23-13-14-24-55(52)59-56)31-33-54(51)58-36-35-50-38-47(43-19-11-7-12-20-43)29-27-44(50)26-25-41-16-15-22-46(37-41)42-17-9-6-10-18-42/h2-20,22-37,39-40,47,58H,1,21,38H2/b4-3-,8-5-,26-25-,36-35+. The lowest BCUT2D eigenvalue weighted by molar-refractivity contribution is 0.669. The van der Waals surface area contributed by atoms with Gasteiger partial charge in [0.2, 0.25) is 0 Å². The Morgan fingerprint density at radius 2 is 1.37 bits per heavy atom. The molecular weight excluding hydrogens is 715 g/mol. The molecule has 1 aromatic heterocycles. The van der Waals surface area contributed by atoms with Gasteiger partial charge in [-0.25, -0.2) is 0 Å². The molecule has 1 heterocycles. The number of fused-ring (bicyclic) bond motifs is 5. The van der Waals surface area contributed by atoms with Crippen molar-refractivity contribution in [3.8, 4) is 22.3 Å². The minimum Gasteiger partial charge on any atom is -0.456 e. The first-order chi connectivity index (χ1) is 29.2. The molecule has 0 spiro atoms. The molecule has 2 nitrogen and oxygen atoms in total. The lowest BCUT2D eigenvalue weighted by Crippen LogP contribution is -2.03. The van der Waals surface area contributed by atoms with Gasteiger partial charge in [-0.05, 0) is 116 Å². The first-order valence-electron chi connectivity index (χ1n) is 20.3. The first-order valence-corrected chi connectivity index (χ1v) is 20.3. The molecule has 7 aromatic carbocycles. The smallest absolute Gasteiger partial charge is 0.136 e. The minimum atomic E-state index is 0.307. The second-order valence-electron chi connectivity index (χ2n) is 15.0. The number of hydrogen-bond donors (Lipinski definition) is 1. The summed E-state index contributed by atoms with van der Waals surface area (Å²) in [6.45, 7) is 3.81. The van der Waals surface area contributed by atoms with E-state index in [4.69, 9.17) is 4.42 Å². The van der Waals surface area contributed by atoms with E-state index in [1.165, 1.54) is 60.9 Å². The first kappa shape index (κ1) is 37.2. The van der Waals surface area contributed by atoms with Crippen LogP contribution in [0, 0.1) is 0 Å². The lowest BCUT2D eigenvalue weighted by Gasteiger charge is -2.20. The Bertz CT molecular complexity index is 2970. The summed E-state index contributed by atoms with van der Waals surface area (Å²) >= 11 is 0. The van der Waals surface area contributed by atoms with Crippen LogP contribution in [0.25, 0.3) is 61.0 Å². The van der Waals surface area contributed by atoms with Gasteiger partial charge in [-0.3, -0.25) is 0 Å². The van der Waals surface area contributed by atoms with Crippen LogP contribution in [0.2, 0.25) is 0 Å². The fourth-order valence-electron chi connectivity index (χ4n) is 8.10. The fraction of sp³-hybridized carbons (Fsp3) is 0.0526. The maximum atomic E-state index is 6.24. The molecule has 284 valence electrons. The summed E-state index contributed by atoms with van der Waals surface area (Å²) in [6.07, 6.45) is 25.2. The van der Waals surface area contributed by atoms with Gasteiger partial charge in [0, 0.05) is 28.6 Å². The molecule has 1 N–H and O–H groups in total. The number of rotatable bonds is 12. The van der Waals surface area contributed by atoms with E-state index in [-0.39, 0.29) is 0 Å². The predicted octanol–water partition coefficient (Wildman–Crippen LogP) is 15.6. The third kappa shape index (κ3) is 8.35. The number of furan rings is 1. The Hall–Kier alpha value is -7.42. The van der Waals surface area contributed by atoms with Crippen molar-refractivity contribution in [3.05, 3.63) is 253 Å². The molecule has 0 bridgehead atoms. The molecular formula is C57H45NO. The molecule has 2 heteroatoms. The zero-order chi connectivity index (χ0) is 39.8. The monoisotopic (exact) mass is 759 g/mol. The van der Waals surface area contributed by atoms with Crippen molar-refractivity contribution in [3.63, 3.8) is 0 Å². The van der Waals surface area contributed by atoms with Crippen LogP contribution in [-0.4, -0.2) is 0 Å². The maximum Gasteiger partial charge on any atom is 0.136 e. The normalized spacial score (nSPS) is 14.6. The molecule has 0 aliphatic heterocycles. The SMILES string of the molecule is C=C/C=C\C=C/Cc1cc(-c2ccc3ccc4oc5ccccc5c4c3c2)ccc1N/C=C/C1=C(/C=C\c2cccc(-c3ccccc3)c2)C=CC(c2ccccc2)C1. The van der Waals surface area contributed by atoms with E-state index in [0.29, 0.717) is 5.92 Å². The number of para-hydroxylation sites is 1. The van der Waals surface area contributed by atoms with Gasteiger partial charge in [0.15, 0.2) is 0 Å². The summed E-state index contributed by atoms with van der Waals surface area (Å²) in [7, 11) is 0.